The van der Waals surface area contributed by atoms with E-state index in [0.29, 0.717) is 16.9 Å². The number of carbonyl (C=O) groups is 2. The Bertz CT molecular complexity index is 1160. The molecule has 0 fully saturated rings. The van der Waals surface area contributed by atoms with Gasteiger partial charge in [0, 0.05) is 12.1 Å². The molecular weight excluding hydrogens is 469 g/mol. The summed E-state index contributed by atoms with van der Waals surface area (Å²) in [5.74, 6) is -0.255. The molecule has 0 aliphatic heterocycles. The third kappa shape index (κ3) is 8.78. The molecule has 6 nitrogen and oxygen atoms in total. The van der Waals surface area contributed by atoms with Gasteiger partial charge in [0.2, 0.25) is 0 Å². The van der Waals surface area contributed by atoms with Gasteiger partial charge >= 0.3 is 6.09 Å². The van der Waals surface area contributed by atoms with E-state index in [4.69, 9.17) is 4.74 Å². The van der Waals surface area contributed by atoms with Gasteiger partial charge in [-0.3, -0.25) is 10.1 Å². The third-order valence-electron chi connectivity index (χ3n) is 5.29. The Kier molecular flexibility index (Phi) is 9.63. The molecule has 36 heavy (non-hydrogen) atoms. The molecule has 2 amide bonds. The van der Waals surface area contributed by atoms with Crippen molar-refractivity contribution >= 4 is 31.3 Å². The highest BCUT2D eigenvalue weighted by Crippen LogP contribution is 2.30. The normalized spacial score (nSPS) is 11.3. The number of hydrogen-bond donors (Lipinski definition) is 3. The molecule has 0 saturated carbocycles. The maximum absolute atomic E-state index is 13.1. The summed E-state index contributed by atoms with van der Waals surface area (Å²) in [7, 11) is 0.0981. The van der Waals surface area contributed by atoms with E-state index in [-0.39, 0.29) is 13.8 Å². The van der Waals surface area contributed by atoms with Crippen LogP contribution in [0.5, 0.6) is 0 Å². The molecule has 0 unspecified atom stereocenters. The molecule has 190 valence electrons. The summed E-state index contributed by atoms with van der Waals surface area (Å²) in [4.78, 5) is 25.5. The SMILES string of the molecule is CP(C)CCNCc1ccc(C(=O)Nc2cc(-c3ccccc3)ccc2NC(=O)OC(C)(C)C)cc1. The fourth-order valence-electron chi connectivity index (χ4n) is 3.48. The van der Waals surface area contributed by atoms with Gasteiger partial charge in [-0.2, -0.15) is 0 Å². The number of hydrogen-bond acceptors (Lipinski definition) is 4. The second-order valence-electron chi connectivity index (χ2n) is 9.88. The van der Waals surface area contributed by atoms with Gasteiger partial charge in [0.25, 0.3) is 5.91 Å². The van der Waals surface area contributed by atoms with Crippen molar-refractivity contribution in [2.24, 2.45) is 0 Å². The first-order chi connectivity index (χ1) is 17.1. The van der Waals surface area contributed by atoms with Crippen LogP contribution in [-0.4, -0.2) is 43.6 Å². The van der Waals surface area contributed by atoms with E-state index >= 15 is 0 Å². The van der Waals surface area contributed by atoms with Gasteiger partial charge in [0.05, 0.1) is 11.4 Å². The van der Waals surface area contributed by atoms with Crippen LogP contribution in [0.15, 0.2) is 72.8 Å². The lowest BCUT2D eigenvalue weighted by molar-refractivity contribution is 0.0635. The van der Waals surface area contributed by atoms with Crippen LogP contribution in [0.1, 0.15) is 36.7 Å². The van der Waals surface area contributed by atoms with Crippen LogP contribution < -0.4 is 16.0 Å². The van der Waals surface area contributed by atoms with Crippen molar-refractivity contribution in [1.82, 2.24) is 5.32 Å². The van der Waals surface area contributed by atoms with Crippen molar-refractivity contribution in [2.75, 3.05) is 36.7 Å². The van der Waals surface area contributed by atoms with Crippen molar-refractivity contribution in [2.45, 2.75) is 32.9 Å². The molecule has 3 aromatic rings. The smallest absolute Gasteiger partial charge is 0.412 e. The van der Waals surface area contributed by atoms with Crippen LogP contribution in [0.25, 0.3) is 11.1 Å². The predicted octanol–water partition coefficient (Wildman–Crippen LogP) is 6.78. The molecule has 0 aliphatic carbocycles. The Labute approximate surface area is 215 Å². The first-order valence-electron chi connectivity index (χ1n) is 12.1. The molecule has 0 aliphatic rings. The van der Waals surface area contributed by atoms with Gasteiger partial charge in [-0.15, -0.1) is 7.92 Å². The summed E-state index contributed by atoms with van der Waals surface area (Å²) >= 11 is 0. The highest BCUT2D eigenvalue weighted by Gasteiger charge is 2.18. The number of nitrogens with one attached hydrogen (secondary N) is 3. The maximum Gasteiger partial charge on any atom is 0.412 e. The summed E-state index contributed by atoms with van der Waals surface area (Å²) in [5, 5.41) is 9.18. The monoisotopic (exact) mass is 505 g/mol. The van der Waals surface area contributed by atoms with Crippen LogP contribution in [0.2, 0.25) is 0 Å². The molecular formula is C29H36N3O3P. The minimum atomic E-state index is -0.635. The molecule has 3 N–H and O–H groups in total. The number of rotatable bonds is 9. The Hall–Kier alpha value is -3.21. The minimum absolute atomic E-state index is 0.0981. The van der Waals surface area contributed by atoms with E-state index in [9.17, 15) is 9.59 Å². The molecule has 0 saturated heterocycles. The summed E-state index contributed by atoms with van der Waals surface area (Å²) in [6.07, 6.45) is 0.610. The van der Waals surface area contributed by atoms with Gasteiger partial charge in [-0.05, 0) is 87.8 Å². The second kappa shape index (κ2) is 12.7. The Morgan fingerprint density at radius 3 is 2.17 bits per heavy atom. The molecule has 3 aromatic carbocycles. The second-order valence-corrected chi connectivity index (χ2v) is 12.5. The Balaban J connectivity index is 1.77. The van der Waals surface area contributed by atoms with Crippen molar-refractivity contribution in [3.05, 3.63) is 83.9 Å². The molecule has 0 atom stereocenters. The van der Waals surface area contributed by atoms with Gasteiger partial charge in [0.1, 0.15) is 5.60 Å². The van der Waals surface area contributed by atoms with Gasteiger partial charge < -0.3 is 15.4 Å². The van der Waals surface area contributed by atoms with Crippen LogP contribution in [0.3, 0.4) is 0 Å². The van der Waals surface area contributed by atoms with E-state index < -0.39 is 11.7 Å². The quantitative estimate of drug-likeness (QED) is 0.221. The van der Waals surface area contributed by atoms with E-state index in [1.807, 2.05) is 66.7 Å². The molecule has 7 heteroatoms. The Morgan fingerprint density at radius 2 is 1.53 bits per heavy atom. The Morgan fingerprint density at radius 1 is 0.833 bits per heavy atom. The lowest BCUT2D eigenvalue weighted by Gasteiger charge is -2.21. The van der Waals surface area contributed by atoms with Crippen molar-refractivity contribution in [3.63, 3.8) is 0 Å². The molecule has 0 bridgehead atoms. The number of amides is 2. The highest BCUT2D eigenvalue weighted by molar-refractivity contribution is 7.56. The fraction of sp³-hybridized carbons (Fsp3) is 0.310. The molecule has 0 spiro atoms. The number of ether oxygens (including phenoxy) is 1. The zero-order valence-electron chi connectivity index (χ0n) is 21.7. The fourth-order valence-corrected chi connectivity index (χ4v) is 4.09. The topological polar surface area (TPSA) is 79.5 Å². The zero-order chi connectivity index (χ0) is 26.1. The summed E-state index contributed by atoms with van der Waals surface area (Å²) in [6.45, 7) is 11.7. The highest BCUT2D eigenvalue weighted by atomic mass is 31.1. The lowest BCUT2D eigenvalue weighted by atomic mass is 10.0. The van der Waals surface area contributed by atoms with Crippen molar-refractivity contribution < 1.29 is 14.3 Å². The number of anilines is 2. The molecule has 3 rings (SSSR count). The zero-order valence-corrected chi connectivity index (χ0v) is 22.6. The summed E-state index contributed by atoms with van der Waals surface area (Å²) in [6, 6.07) is 23.0. The molecule has 0 radical (unpaired) electrons. The van der Waals surface area contributed by atoms with E-state index in [1.165, 1.54) is 6.16 Å². The van der Waals surface area contributed by atoms with Crippen LogP contribution >= 0.6 is 7.92 Å². The third-order valence-corrected chi connectivity index (χ3v) is 6.41. The van der Waals surface area contributed by atoms with Crippen LogP contribution in [-0.2, 0) is 11.3 Å². The van der Waals surface area contributed by atoms with Crippen LogP contribution in [0.4, 0.5) is 16.2 Å². The minimum Gasteiger partial charge on any atom is -0.444 e. The summed E-state index contributed by atoms with van der Waals surface area (Å²) in [5.41, 5.74) is 3.92. The lowest BCUT2D eigenvalue weighted by Crippen LogP contribution is -2.27. The van der Waals surface area contributed by atoms with Crippen LogP contribution in [0, 0.1) is 0 Å². The molecule has 0 heterocycles. The largest absolute Gasteiger partial charge is 0.444 e. The van der Waals surface area contributed by atoms with E-state index in [2.05, 4.69) is 29.3 Å². The van der Waals surface area contributed by atoms with Gasteiger partial charge in [-0.1, -0.05) is 48.5 Å². The van der Waals surface area contributed by atoms with Gasteiger partial charge in [0.15, 0.2) is 0 Å². The van der Waals surface area contributed by atoms with E-state index in [0.717, 1.165) is 29.8 Å². The average molecular weight is 506 g/mol. The molecule has 0 aromatic heterocycles. The van der Waals surface area contributed by atoms with E-state index in [1.54, 1.807) is 26.8 Å². The average Bonchev–Trinajstić information content (AvgIpc) is 2.82. The standard InChI is InChI=1S/C29H36N3O3P/c1-29(2,3)35-28(34)32-25-16-15-24(22-9-7-6-8-10-22)19-26(25)31-27(33)23-13-11-21(12-14-23)20-30-17-18-36(4)5/h6-16,19,30H,17-18,20H2,1-5H3,(H,31,33)(H,32,34). The van der Waals surface area contributed by atoms with Gasteiger partial charge in [-0.25, -0.2) is 4.79 Å². The first-order valence-corrected chi connectivity index (χ1v) is 14.5. The maximum atomic E-state index is 13.1. The summed E-state index contributed by atoms with van der Waals surface area (Å²) < 4.78 is 5.40. The van der Waals surface area contributed by atoms with Crippen molar-refractivity contribution in [3.8, 4) is 11.1 Å². The first kappa shape index (κ1) is 27.4. The number of carbonyl (C=O) groups excluding carboxylic acids is 2. The predicted molar refractivity (Wildman–Crippen MR) is 151 cm³/mol. The number of benzene rings is 3. The van der Waals surface area contributed by atoms with Crippen molar-refractivity contribution in [1.29, 1.82) is 0 Å².